The quantitative estimate of drug-likeness (QED) is 0.728. The van der Waals surface area contributed by atoms with Gasteiger partial charge in [0, 0.05) is 25.6 Å². The lowest BCUT2D eigenvalue weighted by Crippen LogP contribution is -2.35. The monoisotopic (exact) mass is 198 g/mol. The maximum atomic E-state index is 11.7. The fourth-order valence-corrected chi connectivity index (χ4v) is 1.92. The highest BCUT2D eigenvalue weighted by Crippen LogP contribution is 2.16. The predicted molar refractivity (Wildman–Crippen MR) is 57.9 cm³/mol. The highest BCUT2D eigenvalue weighted by molar-refractivity contribution is 5.76. The van der Waals surface area contributed by atoms with Crippen molar-refractivity contribution in [3.8, 4) is 0 Å². The molecule has 0 saturated carbocycles. The summed E-state index contributed by atoms with van der Waals surface area (Å²) in [7, 11) is 0. The smallest absolute Gasteiger partial charge is 0.224 e. The SMILES string of the molecule is CC(N)CC(=O)N1CCCC(C)CC1. The molecule has 2 N–H and O–H groups in total. The van der Waals surface area contributed by atoms with Crippen molar-refractivity contribution in [1.82, 2.24) is 4.90 Å². The number of carbonyl (C=O) groups excluding carboxylic acids is 1. The van der Waals surface area contributed by atoms with E-state index in [9.17, 15) is 4.79 Å². The minimum Gasteiger partial charge on any atom is -0.343 e. The second-order valence-corrected chi connectivity index (χ2v) is 4.60. The molecule has 1 aliphatic heterocycles. The van der Waals surface area contributed by atoms with E-state index in [0.29, 0.717) is 6.42 Å². The zero-order valence-corrected chi connectivity index (χ0v) is 9.33. The topological polar surface area (TPSA) is 46.3 Å². The third-order valence-electron chi connectivity index (χ3n) is 2.87. The van der Waals surface area contributed by atoms with Gasteiger partial charge in [0.25, 0.3) is 0 Å². The lowest BCUT2D eigenvalue weighted by Gasteiger charge is -2.21. The van der Waals surface area contributed by atoms with Crippen molar-refractivity contribution in [2.24, 2.45) is 11.7 Å². The first kappa shape index (κ1) is 11.5. The zero-order valence-electron chi connectivity index (χ0n) is 9.33. The van der Waals surface area contributed by atoms with Crippen molar-refractivity contribution in [2.45, 2.75) is 45.6 Å². The third-order valence-corrected chi connectivity index (χ3v) is 2.87. The molecule has 0 radical (unpaired) electrons. The Morgan fingerprint density at radius 2 is 2.21 bits per heavy atom. The minimum atomic E-state index is -0.0109. The first-order valence-electron chi connectivity index (χ1n) is 5.63. The van der Waals surface area contributed by atoms with Crippen LogP contribution >= 0.6 is 0 Å². The standard InChI is InChI=1S/C11H22N2O/c1-9-4-3-6-13(7-5-9)11(14)8-10(2)12/h9-10H,3-8,12H2,1-2H3. The molecule has 0 aromatic heterocycles. The predicted octanol–water partition coefficient (Wildman–Crippen LogP) is 1.37. The minimum absolute atomic E-state index is 0.0109. The average molecular weight is 198 g/mol. The Morgan fingerprint density at radius 3 is 2.86 bits per heavy atom. The van der Waals surface area contributed by atoms with Crippen LogP contribution in [0.4, 0.5) is 0 Å². The third kappa shape index (κ3) is 3.66. The molecule has 3 nitrogen and oxygen atoms in total. The molecule has 1 heterocycles. The molecule has 1 saturated heterocycles. The van der Waals surface area contributed by atoms with Crippen molar-refractivity contribution in [3.05, 3.63) is 0 Å². The van der Waals surface area contributed by atoms with Crippen molar-refractivity contribution in [1.29, 1.82) is 0 Å². The molecule has 1 rings (SSSR count). The second-order valence-electron chi connectivity index (χ2n) is 4.60. The molecule has 1 fully saturated rings. The van der Waals surface area contributed by atoms with Crippen LogP contribution in [0.1, 0.15) is 39.5 Å². The molecule has 3 heteroatoms. The lowest BCUT2D eigenvalue weighted by molar-refractivity contribution is -0.131. The number of nitrogens with two attached hydrogens (primary N) is 1. The number of carbonyl (C=O) groups is 1. The van der Waals surface area contributed by atoms with E-state index >= 15 is 0 Å². The summed E-state index contributed by atoms with van der Waals surface area (Å²) in [5.41, 5.74) is 5.62. The molecule has 2 unspecified atom stereocenters. The van der Waals surface area contributed by atoms with E-state index in [-0.39, 0.29) is 11.9 Å². The Hall–Kier alpha value is -0.570. The van der Waals surface area contributed by atoms with E-state index < -0.39 is 0 Å². The number of nitrogens with zero attached hydrogens (tertiary/aromatic N) is 1. The summed E-state index contributed by atoms with van der Waals surface area (Å²) in [6.07, 6.45) is 4.03. The van der Waals surface area contributed by atoms with Gasteiger partial charge in [-0.3, -0.25) is 4.79 Å². The molecule has 1 amide bonds. The first-order valence-corrected chi connectivity index (χ1v) is 5.63. The molecular formula is C11H22N2O. The molecule has 0 bridgehead atoms. The van der Waals surface area contributed by atoms with Gasteiger partial charge < -0.3 is 10.6 Å². The van der Waals surface area contributed by atoms with Gasteiger partial charge in [-0.15, -0.1) is 0 Å². The van der Waals surface area contributed by atoms with Crippen LogP contribution in [0, 0.1) is 5.92 Å². The molecule has 0 aromatic carbocycles. The summed E-state index contributed by atoms with van der Waals surface area (Å²) in [6, 6.07) is -0.0109. The molecule has 0 aliphatic carbocycles. The van der Waals surface area contributed by atoms with Gasteiger partial charge in [-0.05, 0) is 32.1 Å². The Kier molecular flexibility index (Phi) is 4.39. The zero-order chi connectivity index (χ0) is 10.6. The van der Waals surface area contributed by atoms with Crippen LogP contribution in [0.2, 0.25) is 0 Å². The molecule has 1 aliphatic rings. The van der Waals surface area contributed by atoms with Crippen LogP contribution in [0.15, 0.2) is 0 Å². The van der Waals surface area contributed by atoms with Crippen LogP contribution in [-0.2, 0) is 4.79 Å². The largest absolute Gasteiger partial charge is 0.343 e. The van der Waals surface area contributed by atoms with Gasteiger partial charge in [0.05, 0.1) is 0 Å². The fourth-order valence-electron chi connectivity index (χ4n) is 1.92. The highest BCUT2D eigenvalue weighted by Gasteiger charge is 2.18. The Morgan fingerprint density at radius 1 is 1.50 bits per heavy atom. The lowest BCUT2D eigenvalue weighted by atomic mass is 10.0. The number of hydrogen-bond acceptors (Lipinski definition) is 2. The molecule has 0 spiro atoms. The van der Waals surface area contributed by atoms with Gasteiger partial charge >= 0.3 is 0 Å². The van der Waals surface area contributed by atoms with Crippen LogP contribution in [0.25, 0.3) is 0 Å². The summed E-state index contributed by atoms with van der Waals surface area (Å²) < 4.78 is 0. The Labute approximate surface area is 86.6 Å². The van der Waals surface area contributed by atoms with Crippen LogP contribution in [0.5, 0.6) is 0 Å². The molecular weight excluding hydrogens is 176 g/mol. The number of likely N-dealkylation sites (tertiary alicyclic amines) is 1. The number of amides is 1. The maximum absolute atomic E-state index is 11.7. The van der Waals surface area contributed by atoms with Crippen LogP contribution in [0.3, 0.4) is 0 Å². The molecule has 2 atom stereocenters. The first-order chi connectivity index (χ1) is 6.59. The van der Waals surface area contributed by atoms with Gasteiger partial charge in [-0.25, -0.2) is 0 Å². The van der Waals surface area contributed by atoms with Gasteiger partial charge in [0.2, 0.25) is 5.91 Å². The molecule has 14 heavy (non-hydrogen) atoms. The van der Waals surface area contributed by atoms with E-state index in [4.69, 9.17) is 5.73 Å². The Balaban J connectivity index is 2.39. The summed E-state index contributed by atoms with van der Waals surface area (Å²) >= 11 is 0. The number of rotatable bonds is 2. The van der Waals surface area contributed by atoms with Crippen molar-refractivity contribution in [2.75, 3.05) is 13.1 Å². The van der Waals surface area contributed by atoms with E-state index in [0.717, 1.165) is 31.8 Å². The second kappa shape index (κ2) is 5.35. The van der Waals surface area contributed by atoms with Gasteiger partial charge in [-0.2, -0.15) is 0 Å². The summed E-state index contributed by atoms with van der Waals surface area (Å²) in [6.45, 7) is 6.00. The van der Waals surface area contributed by atoms with E-state index in [1.165, 1.54) is 6.42 Å². The van der Waals surface area contributed by atoms with Crippen molar-refractivity contribution >= 4 is 5.91 Å². The van der Waals surface area contributed by atoms with E-state index in [2.05, 4.69) is 6.92 Å². The van der Waals surface area contributed by atoms with Gasteiger partial charge in [-0.1, -0.05) is 6.92 Å². The summed E-state index contributed by atoms with van der Waals surface area (Å²) in [4.78, 5) is 13.7. The maximum Gasteiger partial charge on any atom is 0.224 e. The summed E-state index contributed by atoms with van der Waals surface area (Å²) in [5.74, 6) is 0.997. The Bertz CT molecular complexity index is 192. The highest BCUT2D eigenvalue weighted by atomic mass is 16.2. The van der Waals surface area contributed by atoms with E-state index in [1.54, 1.807) is 0 Å². The van der Waals surface area contributed by atoms with Crippen LogP contribution in [-0.4, -0.2) is 29.9 Å². The fraction of sp³-hybridized carbons (Fsp3) is 0.909. The van der Waals surface area contributed by atoms with Crippen molar-refractivity contribution < 1.29 is 4.79 Å². The van der Waals surface area contributed by atoms with Gasteiger partial charge in [0.15, 0.2) is 0 Å². The van der Waals surface area contributed by atoms with Crippen LogP contribution < -0.4 is 5.73 Å². The van der Waals surface area contributed by atoms with Gasteiger partial charge in [0.1, 0.15) is 0 Å². The van der Waals surface area contributed by atoms with E-state index in [1.807, 2.05) is 11.8 Å². The normalized spacial score (nSPS) is 25.6. The average Bonchev–Trinajstić information content (AvgIpc) is 2.28. The summed E-state index contributed by atoms with van der Waals surface area (Å²) in [5, 5.41) is 0. The number of hydrogen-bond donors (Lipinski definition) is 1. The molecule has 82 valence electrons. The molecule has 0 aromatic rings. The van der Waals surface area contributed by atoms with Crippen molar-refractivity contribution in [3.63, 3.8) is 0 Å².